The topological polar surface area (TPSA) is 176 Å². The number of hydrogen-bond donors (Lipinski definition) is 4. The standard InChI is InChI=1S/C33H34N6O2.C25H28N6/c1-23-20-34-32(35-26-15-10-16-27(19-26)36-33(40)41-22-25-13-6-3-7-14-25)37-30(23)31-28-17-8-9-18-29(28)39(38-31)21-24-11-4-2-5-12-24;1-17-15-27-25(28-20-11-7-10-19(26)14-20)29-23(17)24-21-12-5-6-13-22(21)31(30-24)16-18-8-3-2-4-9-18/h2-9,11-14,17-18,20,26-27H,10,15-16,19,21-22H2,1H3,(H,36,40)(H,34,35,37);2-6,8-9,12-13,15,19-20H,7,10-11,14,16,26H2,1H3,(H,27,28,29)/t26-,27+;19-,20+/m10/s1. The minimum Gasteiger partial charge on any atom is -0.445 e. The number of fused-ring (bicyclic) bond motifs is 2. The van der Waals surface area contributed by atoms with Crippen LogP contribution < -0.4 is 21.7 Å². The van der Waals surface area contributed by atoms with Crippen LogP contribution in [0.4, 0.5) is 16.7 Å². The molecular formula is C58H62N12O2. The largest absolute Gasteiger partial charge is 0.445 e. The molecule has 0 radical (unpaired) electrons. The summed E-state index contributed by atoms with van der Waals surface area (Å²) < 4.78 is 9.54. The Labute approximate surface area is 420 Å². The van der Waals surface area contributed by atoms with Gasteiger partial charge in [-0.15, -0.1) is 0 Å². The van der Waals surface area contributed by atoms with Gasteiger partial charge in [0.2, 0.25) is 11.9 Å². The third-order valence-corrected chi connectivity index (χ3v) is 13.6. The number of hydrogen-bond acceptors (Lipinski definition) is 11. The second-order valence-electron chi connectivity index (χ2n) is 19.1. The Morgan fingerprint density at radius 2 is 1.00 bits per heavy atom. The van der Waals surface area contributed by atoms with Crippen LogP contribution in [0, 0.1) is 13.8 Å². The van der Waals surface area contributed by atoms with Crippen LogP contribution in [-0.4, -0.2) is 69.8 Å². The van der Waals surface area contributed by atoms with Crippen LogP contribution in [0.5, 0.6) is 0 Å². The van der Waals surface area contributed by atoms with Crippen molar-refractivity contribution in [3.05, 3.63) is 180 Å². The number of benzene rings is 5. The van der Waals surface area contributed by atoms with Gasteiger partial charge in [0.15, 0.2) is 0 Å². The van der Waals surface area contributed by atoms with E-state index in [2.05, 4.69) is 103 Å². The Hall–Kier alpha value is -7.97. The summed E-state index contributed by atoms with van der Waals surface area (Å²) in [5.74, 6) is 1.23. The van der Waals surface area contributed by atoms with E-state index in [1.807, 2.05) is 97.7 Å². The van der Waals surface area contributed by atoms with Gasteiger partial charge in [0, 0.05) is 47.3 Å². The maximum absolute atomic E-state index is 12.4. The van der Waals surface area contributed by atoms with Gasteiger partial charge in [-0.25, -0.2) is 24.7 Å². The molecule has 0 bridgehead atoms. The number of nitrogens with one attached hydrogen (secondary N) is 3. The number of nitrogens with two attached hydrogens (primary N) is 1. The van der Waals surface area contributed by atoms with E-state index >= 15 is 0 Å². The molecule has 0 aliphatic heterocycles. The van der Waals surface area contributed by atoms with Crippen molar-refractivity contribution in [1.29, 1.82) is 0 Å². The molecule has 4 heterocycles. The average Bonchev–Trinajstić information content (AvgIpc) is 3.96. The molecule has 0 saturated heterocycles. The van der Waals surface area contributed by atoms with Crippen LogP contribution >= 0.6 is 0 Å². The van der Waals surface area contributed by atoms with Gasteiger partial charge < -0.3 is 26.4 Å². The zero-order chi connectivity index (χ0) is 49.2. The Balaban J connectivity index is 0.000000172. The zero-order valence-electron chi connectivity index (χ0n) is 41.0. The highest BCUT2D eigenvalue weighted by Gasteiger charge is 2.26. The van der Waals surface area contributed by atoms with E-state index in [9.17, 15) is 4.79 Å². The molecular weight excluding hydrogens is 897 g/mol. The van der Waals surface area contributed by atoms with Gasteiger partial charge in [0.05, 0.1) is 35.5 Å². The molecule has 4 aromatic heterocycles. The number of rotatable bonds is 13. The number of ether oxygens (including phenoxy) is 1. The maximum atomic E-state index is 12.4. The average molecular weight is 959 g/mol. The van der Waals surface area contributed by atoms with Crippen molar-refractivity contribution in [3.8, 4) is 22.8 Å². The summed E-state index contributed by atoms with van der Waals surface area (Å²) in [4.78, 5) is 31.4. The monoisotopic (exact) mass is 959 g/mol. The van der Waals surface area contributed by atoms with E-state index in [1.54, 1.807) is 0 Å². The fourth-order valence-electron chi connectivity index (χ4n) is 9.97. The van der Waals surface area contributed by atoms with Crippen LogP contribution in [0.1, 0.15) is 79.2 Å². The number of para-hydroxylation sites is 2. The zero-order valence-corrected chi connectivity index (χ0v) is 41.0. The van der Waals surface area contributed by atoms with Crippen molar-refractivity contribution in [2.45, 2.75) is 109 Å². The van der Waals surface area contributed by atoms with Crippen molar-refractivity contribution in [3.63, 3.8) is 0 Å². The minimum atomic E-state index is -0.383. The van der Waals surface area contributed by atoms with E-state index in [1.165, 1.54) is 11.1 Å². The fraction of sp³-hybridized carbons (Fsp3) is 0.293. The van der Waals surface area contributed by atoms with Crippen molar-refractivity contribution in [1.82, 2.24) is 44.8 Å². The summed E-state index contributed by atoms with van der Waals surface area (Å²) in [6, 6.07) is 47.9. The van der Waals surface area contributed by atoms with Crippen LogP contribution in [0.2, 0.25) is 0 Å². The number of aromatic nitrogens is 8. The molecule has 14 nitrogen and oxygen atoms in total. The molecule has 2 aliphatic carbocycles. The normalized spacial score (nSPS) is 17.7. The molecule has 11 rings (SSSR count). The minimum absolute atomic E-state index is 0.0343. The highest BCUT2D eigenvalue weighted by Crippen LogP contribution is 2.32. The van der Waals surface area contributed by atoms with Gasteiger partial charge in [-0.3, -0.25) is 9.36 Å². The lowest BCUT2D eigenvalue weighted by Crippen LogP contribution is -2.42. The predicted octanol–water partition coefficient (Wildman–Crippen LogP) is 11.0. The van der Waals surface area contributed by atoms with Crippen molar-refractivity contribution < 1.29 is 9.53 Å². The van der Waals surface area contributed by atoms with E-state index in [4.69, 9.17) is 30.6 Å². The third kappa shape index (κ3) is 11.6. The van der Waals surface area contributed by atoms with Crippen LogP contribution in [0.15, 0.2) is 152 Å². The smallest absolute Gasteiger partial charge is 0.407 e. The molecule has 5 aromatic carbocycles. The lowest BCUT2D eigenvalue weighted by Gasteiger charge is -2.30. The number of anilines is 2. The lowest BCUT2D eigenvalue weighted by atomic mass is 9.91. The number of amides is 1. The summed E-state index contributed by atoms with van der Waals surface area (Å²) in [5, 5.41) is 22.3. The van der Waals surface area contributed by atoms with E-state index < -0.39 is 0 Å². The first-order chi connectivity index (χ1) is 35.3. The van der Waals surface area contributed by atoms with Crippen LogP contribution in [-0.2, 0) is 24.4 Å². The molecule has 72 heavy (non-hydrogen) atoms. The van der Waals surface area contributed by atoms with Crippen LogP contribution in [0.3, 0.4) is 0 Å². The predicted molar refractivity (Wildman–Crippen MR) is 285 cm³/mol. The van der Waals surface area contributed by atoms with Crippen LogP contribution in [0.25, 0.3) is 44.6 Å². The third-order valence-electron chi connectivity index (χ3n) is 13.6. The van der Waals surface area contributed by atoms with Gasteiger partial charge in [0.25, 0.3) is 0 Å². The summed E-state index contributed by atoms with van der Waals surface area (Å²) in [7, 11) is 0. The van der Waals surface area contributed by atoms with E-state index in [0.717, 1.165) is 119 Å². The Morgan fingerprint density at radius 3 is 1.51 bits per heavy atom. The quantitative estimate of drug-likeness (QED) is 0.0865. The van der Waals surface area contributed by atoms with E-state index in [0.29, 0.717) is 24.5 Å². The molecule has 2 fully saturated rings. The second kappa shape index (κ2) is 22.4. The first kappa shape index (κ1) is 47.7. The first-order valence-electron chi connectivity index (χ1n) is 25.2. The number of alkyl carbamates (subject to hydrolysis) is 1. The highest BCUT2D eigenvalue weighted by molar-refractivity contribution is 5.94. The molecule has 9 aromatic rings. The number of carbonyl (C=O) groups excluding carboxylic acids is 1. The molecule has 2 aliphatic rings. The molecule has 0 spiro atoms. The summed E-state index contributed by atoms with van der Waals surface area (Å²) in [6.45, 7) is 5.72. The number of aryl methyl sites for hydroxylation is 2. The Kier molecular flexibility index (Phi) is 14.8. The molecule has 2 saturated carbocycles. The van der Waals surface area contributed by atoms with Gasteiger partial charge in [0.1, 0.15) is 18.0 Å². The van der Waals surface area contributed by atoms with Crippen molar-refractivity contribution >= 4 is 39.8 Å². The molecule has 5 N–H and O–H groups in total. The summed E-state index contributed by atoms with van der Waals surface area (Å²) in [6.07, 6.45) is 11.3. The Bertz CT molecular complexity index is 3230. The summed E-state index contributed by atoms with van der Waals surface area (Å²) >= 11 is 0. The van der Waals surface area contributed by atoms with Crippen molar-refractivity contribution in [2.24, 2.45) is 5.73 Å². The van der Waals surface area contributed by atoms with Gasteiger partial charge in [-0.05, 0) is 105 Å². The SMILES string of the molecule is Cc1cnc(N[C@@H]2CCC[C@H](N)C2)nc1-c1nn(Cc2ccccc2)c2ccccc12.Cc1cnc(N[C@@H]2CCC[C@H](NC(=O)OCc3ccccc3)C2)nc1-c1nn(Cc2ccccc2)c2ccccc12. The van der Waals surface area contributed by atoms with Gasteiger partial charge >= 0.3 is 6.09 Å². The van der Waals surface area contributed by atoms with Crippen molar-refractivity contribution in [2.75, 3.05) is 10.6 Å². The highest BCUT2D eigenvalue weighted by atomic mass is 16.5. The molecule has 366 valence electrons. The molecule has 14 heteroatoms. The van der Waals surface area contributed by atoms with Gasteiger partial charge in [-0.1, -0.05) is 127 Å². The Morgan fingerprint density at radius 1 is 0.556 bits per heavy atom. The summed E-state index contributed by atoms with van der Waals surface area (Å²) in [5.41, 5.74) is 17.1. The second-order valence-corrected chi connectivity index (χ2v) is 19.1. The molecule has 4 atom stereocenters. The molecule has 1 amide bonds. The van der Waals surface area contributed by atoms with Gasteiger partial charge in [-0.2, -0.15) is 10.2 Å². The fourth-order valence-corrected chi connectivity index (χ4v) is 9.97. The lowest BCUT2D eigenvalue weighted by molar-refractivity contribution is 0.132. The first-order valence-corrected chi connectivity index (χ1v) is 25.2. The number of nitrogens with zero attached hydrogens (tertiary/aromatic N) is 8. The molecule has 0 unspecified atom stereocenters. The number of carbonyl (C=O) groups is 1. The van der Waals surface area contributed by atoms with E-state index in [-0.39, 0.29) is 30.8 Å². The maximum Gasteiger partial charge on any atom is 0.407 e.